The summed E-state index contributed by atoms with van der Waals surface area (Å²) in [6.07, 6.45) is 2.06. The van der Waals surface area contributed by atoms with Crippen LogP contribution in [0.4, 0.5) is 5.69 Å². The molecule has 0 spiro atoms. The van der Waals surface area contributed by atoms with Crippen molar-refractivity contribution >= 4 is 35.2 Å². The van der Waals surface area contributed by atoms with E-state index in [1.54, 1.807) is 24.3 Å². The molecular formula is C20H20ClNO3. The van der Waals surface area contributed by atoms with Gasteiger partial charge >= 0.3 is 5.97 Å². The number of benzene rings is 2. The van der Waals surface area contributed by atoms with Crippen LogP contribution in [0.25, 0.3) is 6.08 Å². The molecule has 1 N–H and O–H groups in total. The fraction of sp³-hybridized carbons (Fsp3) is 0.200. The number of nitrogens with one attached hydrogen (secondary N) is 1. The van der Waals surface area contributed by atoms with E-state index in [2.05, 4.69) is 5.32 Å². The summed E-state index contributed by atoms with van der Waals surface area (Å²) in [5.74, 6) is -0.989. The van der Waals surface area contributed by atoms with E-state index in [0.29, 0.717) is 10.7 Å². The number of anilines is 1. The number of halogens is 1. The molecule has 0 unspecified atom stereocenters. The third-order valence-corrected chi connectivity index (χ3v) is 3.94. The van der Waals surface area contributed by atoms with Gasteiger partial charge in [-0.2, -0.15) is 0 Å². The lowest BCUT2D eigenvalue weighted by Gasteiger charge is -2.14. The number of ether oxygens (including phenoxy) is 1. The smallest absolute Gasteiger partial charge is 0.331 e. The molecule has 1 amide bonds. The van der Waals surface area contributed by atoms with Crippen LogP contribution >= 0.6 is 11.6 Å². The summed E-state index contributed by atoms with van der Waals surface area (Å²) < 4.78 is 5.15. The van der Waals surface area contributed by atoms with E-state index in [9.17, 15) is 9.59 Å². The van der Waals surface area contributed by atoms with Crippen LogP contribution in [0.15, 0.2) is 48.5 Å². The highest BCUT2D eigenvalue weighted by molar-refractivity contribution is 6.31. The van der Waals surface area contributed by atoms with Crippen molar-refractivity contribution in [2.75, 3.05) is 5.32 Å². The maximum atomic E-state index is 12.2. The van der Waals surface area contributed by atoms with Gasteiger partial charge in [-0.15, -0.1) is 0 Å². The molecule has 2 aromatic rings. The molecule has 5 heteroatoms. The lowest BCUT2D eigenvalue weighted by atomic mass is 10.1. The van der Waals surface area contributed by atoms with Crippen LogP contribution in [-0.2, 0) is 14.3 Å². The number of carbonyl (C=O) groups excluding carboxylic acids is 2. The molecule has 4 nitrogen and oxygen atoms in total. The minimum Gasteiger partial charge on any atom is -0.449 e. The monoisotopic (exact) mass is 357 g/mol. The van der Waals surface area contributed by atoms with E-state index >= 15 is 0 Å². The lowest BCUT2D eigenvalue weighted by Crippen LogP contribution is -2.29. The molecule has 0 bridgehead atoms. The van der Waals surface area contributed by atoms with Crippen LogP contribution in [0.1, 0.15) is 23.6 Å². The summed E-state index contributed by atoms with van der Waals surface area (Å²) in [6.45, 7) is 5.33. The Hall–Kier alpha value is -2.59. The van der Waals surface area contributed by atoms with Gasteiger partial charge in [0, 0.05) is 16.8 Å². The SMILES string of the molecule is Cc1ccccc1/C=C/C(=O)O[C@@H](C)C(=O)Nc1cc(Cl)ccc1C. The molecule has 1 atom stereocenters. The van der Waals surface area contributed by atoms with Crippen molar-refractivity contribution in [1.82, 2.24) is 0 Å². The van der Waals surface area contributed by atoms with Crippen molar-refractivity contribution in [1.29, 1.82) is 0 Å². The third-order valence-electron chi connectivity index (χ3n) is 3.71. The van der Waals surface area contributed by atoms with Crippen LogP contribution in [0.3, 0.4) is 0 Å². The van der Waals surface area contributed by atoms with Crippen molar-refractivity contribution in [3.8, 4) is 0 Å². The number of carbonyl (C=O) groups is 2. The fourth-order valence-electron chi connectivity index (χ4n) is 2.16. The van der Waals surface area contributed by atoms with Crippen molar-refractivity contribution in [2.24, 2.45) is 0 Å². The van der Waals surface area contributed by atoms with E-state index in [4.69, 9.17) is 16.3 Å². The molecule has 0 aliphatic heterocycles. The highest BCUT2D eigenvalue weighted by atomic mass is 35.5. The summed E-state index contributed by atoms with van der Waals surface area (Å²) in [5, 5.41) is 3.23. The molecule has 25 heavy (non-hydrogen) atoms. The summed E-state index contributed by atoms with van der Waals surface area (Å²) >= 11 is 5.93. The maximum Gasteiger partial charge on any atom is 0.331 e. The quantitative estimate of drug-likeness (QED) is 0.631. The van der Waals surface area contributed by atoms with E-state index < -0.39 is 18.0 Å². The van der Waals surface area contributed by atoms with Crippen LogP contribution in [0.5, 0.6) is 0 Å². The number of rotatable bonds is 5. The highest BCUT2D eigenvalue weighted by Crippen LogP contribution is 2.20. The van der Waals surface area contributed by atoms with Gasteiger partial charge in [0.05, 0.1) is 0 Å². The second kappa shape index (κ2) is 8.49. The zero-order valence-electron chi connectivity index (χ0n) is 14.4. The Morgan fingerprint density at radius 1 is 1.12 bits per heavy atom. The van der Waals surface area contributed by atoms with Gasteiger partial charge in [-0.05, 0) is 55.7 Å². The first kappa shape index (κ1) is 18.7. The van der Waals surface area contributed by atoms with Gasteiger partial charge in [0.25, 0.3) is 5.91 Å². The van der Waals surface area contributed by atoms with E-state index in [1.165, 1.54) is 13.0 Å². The van der Waals surface area contributed by atoms with Gasteiger partial charge in [-0.25, -0.2) is 4.79 Å². The Labute approximate surface area is 152 Å². The van der Waals surface area contributed by atoms with E-state index in [1.807, 2.05) is 38.1 Å². The Kier molecular flexibility index (Phi) is 6.37. The molecule has 2 rings (SSSR count). The summed E-state index contributed by atoms with van der Waals surface area (Å²) in [7, 11) is 0. The Bertz CT molecular complexity index is 814. The second-order valence-corrected chi connectivity index (χ2v) is 6.15. The minimum absolute atomic E-state index is 0.414. The first-order chi connectivity index (χ1) is 11.9. The van der Waals surface area contributed by atoms with Crippen LogP contribution < -0.4 is 5.32 Å². The molecule has 0 saturated heterocycles. The zero-order chi connectivity index (χ0) is 18.4. The largest absolute Gasteiger partial charge is 0.449 e. The molecule has 0 heterocycles. The topological polar surface area (TPSA) is 55.4 Å². The molecule has 130 valence electrons. The zero-order valence-corrected chi connectivity index (χ0v) is 15.1. The maximum absolute atomic E-state index is 12.2. The predicted octanol–water partition coefficient (Wildman–Crippen LogP) is 4.54. The molecular weight excluding hydrogens is 338 g/mol. The third kappa shape index (κ3) is 5.47. The van der Waals surface area contributed by atoms with Crippen molar-refractivity contribution in [3.05, 3.63) is 70.3 Å². The fourth-order valence-corrected chi connectivity index (χ4v) is 2.33. The number of amides is 1. The van der Waals surface area contributed by atoms with Crippen LogP contribution in [-0.4, -0.2) is 18.0 Å². The molecule has 0 saturated carbocycles. The number of hydrogen-bond acceptors (Lipinski definition) is 3. The number of hydrogen-bond donors (Lipinski definition) is 1. The Balaban J connectivity index is 1.95. The van der Waals surface area contributed by atoms with Crippen molar-refractivity contribution in [2.45, 2.75) is 26.9 Å². The normalized spacial score (nSPS) is 12.0. The molecule has 0 radical (unpaired) electrons. The van der Waals surface area contributed by atoms with Crippen LogP contribution in [0.2, 0.25) is 5.02 Å². The standard InChI is InChI=1S/C20H20ClNO3/c1-13-6-4-5-7-16(13)9-11-19(23)25-15(3)20(24)22-18-12-17(21)10-8-14(18)2/h4-12,15H,1-3H3,(H,22,24)/b11-9+/t15-/m0/s1. The van der Waals surface area contributed by atoms with E-state index in [0.717, 1.165) is 16.7 Å². The Morgan fingerprint density at radius 2 is 1.84 bits per heavy atom. The van der Waals surface area contributed by atoms with Gasteiger partial charge < -0.3 is 10.1 Å². The lowest BCUT2D eigenvalue weighted by molar-refractivity contribution is -0.148. The summed E-state index contributed by atoms with van der Waals surface area (Å²) in [5.41, 5.74) is 3.44. The summed E-state index contributed by atoms with van der Waals surface area (Å²) in [6, 6.07) is 12.9. The van der Waals surface area contributed by atoms with Gasteiger partial charge in [0.15, 0.2) is 6.10 Å². The number of esters is 1. The number of aryl methyl sites for hydroxylation is 2. The average molecular weight is 358 g/mol. The molecule has 2 aromatic carbocycles. The van der Waals surface area contributed by atoms with E-state index in [-0.39, 0.29) is 0 Å². The first-order valence-corrected chi connectivity index (χ1v) is 8.26. The average Bonchev–Trinajstić information content (AvgIpc) is 2.57. The highest BCUT2D eigenvalue weighted by Gasteiger charge is 2.17. The van der Waals surface area contributed by atoms with Gasteiger partial charge in [-0.1, -0.05) is 41.9 Å². The second-order valence-electron chi connectivity index (χ2n) is 5.72. The Morgan fingerprint density at radius 3 is 2.56 bits per heavy atom. The van der Waals surface area contributed by atoms with Crippen LogP contribution in [0, 0.1) is 13.8 Å². The molecule has 0 aliphatic carbocycles. The molecule has 0 fully saturated rings. The predicted molar refractivity (Wildman–Crippen MR) is 101 cm³/mol. The van der Waals surface area contributed by atoms with Gasteiger partial charge in [-0.3, -0.25) is 4.79 Å². The van der Waals surface area contributed by atoms with Gasteiger partial charge in [0.2, 0.25) is 0 Å². The first-order valence-electron chi connectivity index (χ1n) is 7.88. The van der Waals surface area contributed by atoms with Crippen molar-refractivity contribution < 1.29 is 14.3 Å². The van der Waals surface area contributed by atoms with Crippen molar-refractivity contribution in [3.63, 3.8) is 0 Å². The summed E-state index contributed by atoms with van der Waals surface area (Å²) in [4.78, 5) is 24.1. The van der Waals surface area contributed by atoms with Gasteiger partial charge in [0.1, 0.15) is 0 Å². The minimum atomic E-state index is -0.924. The molecule has 0 aliphatic rings. The molecule has 0 aromatic heterocycles.